The molecule has 0 saturated heterocycles. The number of hydrogen-bond donors (Lipinski definition) is 5. The predicted octanol–water partition coefficient (Wildman–Crippen LogP) is 2.69. The van der Waals surface area contributed by atoms with Gasteiger partial charge >= 0.3 is 12.1 Å². The van der Waals surface area contributed by atoms with Crippen LogP contribution in [0.1, 0.15) is 5.56 Å². The van der Waals surface area contributed by atoms with E-state index in [1.54, 1.807) is 18.2 Å². The van der Waals surface area contributed by atoms with Gasteiger partial charge in [0.15, 0.2) is 0 Å². The summed E-state index contributed by atoms with van der Waals surface area (Å²) in [6.07, 6.45) is 0. The minimum Gasteiger partial charge on any atom is -0.506 e. The monoisotopic (exact) mass is 391 g/mol. The van der Waals surface area contributed by atoms with Crippen LogP contribution in [-0.2, 0) is 0 Å². The van der Waals surface area contributed by atoms with Crippen LogP contribution in [0, 0.1) is 11.3 Å². The van der Waals surface area contributed by atoms with Crippen LogP contribution in [-0.4, -0.2) is 17.2 Å². The van der Waals surface area contributed by atoms with E-state index in [2.05, 4.69) is 38.0 Å². The molecule has 2 rings (SSSR count). The smallest absolute Gasteiger partial charge is 0.323 e. The van der Waals surface area contributed by atoms with Gasteiger partial charge in [-0.15, -0.1) is 0 Å². The van der Waals surface area contributed by atoms with E-state index >= 15 is 0 Å². The molecule has 0 saturated carbocycles. The van der Waals surface area contributed by atoms with Gasteiger partial charge in [-0.05, 0) is 46.3 Å². The molecular formula is C15H14BrN5O3. The maximum Gasteiger partial charge on any atom is 0.323 e. The van der Waals surface area contributed by atoms with E-state index in [-0.39, 0.29) is 11.4 Å². The first-order valence-corrected chi connectivity index (χ1v) is 7.23. The van der Waals surface area contributed by atoms with Crippen LogP contribution in [0.15, 0.2) is 46.9 Å². The van der Waals surface area contributed by atoms with Crippen molar-refractivity contribution in [2.45, 2.75) is 0 Å². The van der Waals surface area contributed by atoms with Gasteiger partial charge in [-0.3, -0.25) is 0 Å². The molecule has 0 spiro atoms. The highest BCUT2D eigenvalue weighted by atomic mass is 79.9. The van der Waals surface area contributed by atoms with Crippen molar-refractivity contribution in [3.05, 3.63) is 52.5 Å². The van der Waals surface area contributed by atoms with E-state index in [4.69, 9.17) is 10.1 Å². The fourth-order valence-corrected chi connectivity index (χ4v) is 1.93. The molecule has 4 amide bonds. The number of nitrogens with two attached hydrogens (primary N) is 2. The Morgan fingerprint density at radius 1 is 1.08 bits per heavy atom. The van der Waals surface area contributed by atoms with Crippen molar-refractivity contribution >= 4 is 39.4 Å². The van der Waals surface area contributed by atoms with E-state index in [1.807, 2.05) is 12.1 Å². The Hall–Kier alpha value is -3.25. The third kappa shape index (κ3) is 6.25. The zero-order chi connectivity index (χ0) is 18.1. The molecule has 0 unspecified atom stereocenters. The summed E-state index contributed by atoms with van der Waals surface area (Å²) in [7, 11) is 0. The van der Waals surface area contributed by atoms with Gasteiger partial charge in [0.05, 0.1) is 23.0 Å². The summed E-state index contributed by atoms with van der Waals surface area (Å²) in [5.41, 5.74) is 9.66. The molecular weight excluding hydrogens is 378 g/mol. The topological polar surface area (TPSA) is 154 Å². The largest absolute Gasteiger partial charge is 0.506 e. The number of hydrogen-bond acceptors (Lipinski definition) is 4. The van der Waals surface area contributed by atoms with Crippen LogP contribution in [0.3, 0.4) is 0 Å². The lowest BCUT2D eigenvalue weighted by atomic mass is 10.2. The molecule has 0 heterocycles. The molecule has 0 atom stereocenters. The van der Waals surface area contributed by atoms with Crippen LogP contribution < -0.4 is 22.1 Å². The fraction of sp³-hybridized carbons (Fsp3) is 0. The molecule has 24 heavy (non-hydrogen) atoms. The lowest BCUT2D eigenvalue weighted by molar-refractivity contribution is 0.256. The fourth-order valence-electron chi connectivity index (χ4n) is 1.55. The minimum absolute atomic E-state index is 0.161. The van der Waals surface area contributed by atoms with Gasteiger partial charge in [0, 0.05) is 4.47 Å². The van der Waals surface area contributed by atoms with Crippen LogP contribution in [0.25, 0.3) is 0 Å². The molecule has 0 radical (unpaired) electrons. The van der Waals surface area contributed by atoms with Gasteiger partial charge in [0.2, 0.25) is 0 Å². The number of nitrogens with zero attached hydrogens (tertiary/aromatic N) is 1. The highest BCUT2D eigenvalue weighted by Gasteiger charge is 2.08. The number of anilines is 2. The zero-order valence-corrected chi connectivity index (χ0v) is 13.9. The highest BCUT2D eigenvalue weighted by Crippen LogP contribution is 2.25. The van der Waals surface area contributed by atoms with Crippen molar-refractivity contribution in [2.24, 2.45) is 11.5 Å². The van der Waals surface area contributed by atoms with Crippen molar-refractivity contribution in [1.82, 2.24) is 0 Å². The van der Waals surface area contributed by atoms with Gasteiger partial charge in [0.25, 0.3) is 0 Å². The van der Waals surface area contributed by atoms with E-state index in [0.29, 0.717) is 11.3 Å². The van der Waals surface area contributed by atoms with Crippen LogP contribution in [0.5, 0.6) is 5.75 Å². The van der Waals surface area contributed by atoms with Crippen LogP contribution in [0.2, 0.25) is 0 Å². The molecule has 2 aromatic carbocycles. The van der Waals surface area contributed by atoms with Gasteiger partial charge in [-0.2, -0.15) is 5.26 Å². The Kier molecular flexibility index (Phi) is 7.06. The molecule has 0 aliphatic heterocycles. The summed E-state index contributed by atoms with van der Waals surface area (Å²) >= 11 is 3.32. The Morgan fingerprint density at radius 2 is 1.67 bits per heavy atom. The standard InChI is InChI=1S/C14H10BrN3O2.CH4N2O/c15-10-3-1-2-4-11(10)17-14(20)18-12-6-5-9(8-16)7-13(12)19;2-1(3)4/h1-7,19H,(H2,17,18,20);(H4,2,3,4). The first-order chi connectivity index (χ1) is 11.3. The summed E-state index contributed by atoms with van der Waals surface area (Å²) in [5.74, 6) is -0.161. The zero-order valence-electron chi connectivity index (χ0n) is 12.3. The van der Waals surface area contributed by atoms with Gasteiger partial charge in [-0.1, -0.05) is 12.1 Å². The predicted molar refractivity (Wildman–Crippen MR) is 93.4 cm³/mol. The number of halogens is 1. The highest BCUT2D eigenvalue weighted by molar-refractivity contribution is 9.10. The number of para-hydroxylation sites is 1. The average molecular weight is 392 g/mol. The van der Waals surface area contributed by atoms with Crippen molar-refractivity contribution in [3.8, 4) is 11.8 Å². The third-order valence-electron chi connectivity index (χ3n) is 2.50. The molecule has 9 heteroatoms. The number of carbonyl (C=O) groups is 2. The molecule has 0 aromatic heterocycles. The molecule has 0 fully saturated rings. The number of phenols is 1. The number of urea groups is 2. The molecule has 0 aliphatic carbocycles. The van der Waals surface area contributed by atoms with Crippen molar-refractivity contribution in [1.29, 1.82) is 5.26 Å². The minimum atomic E-state index is -0.833. The van der Waals surface area contributed by atoms with E-state index in [1.165, 1.54) is 18.2 Å². The van der Waals surface area contributed by atoms with Crippen molar-refractivity contribution < 1.29 is 14.7 Å². The average Bonchev–Trinajstić information content (AvgIpc) is 2.51. The molecule has 0 aliphatic rings. The van der Waals surface area contributed by atoms with Gasteiger partial charge < -0.3 is 27.2 Å². The van der Waals surface area contributed by atoms with E-state index < -0.39 is 12.1 Å². The number of phenolic OH excluding ortho intramolecular Hbond substituents is 1. The summed E-state index contributed by atoms with van der Waals surface area (Å²) in [6, 6.07) is 12.0. The Morgan fingerprint density at radius 3 is 2.21 bits per heavy atom. The molecule has 7 N–H and O–H groups in total. The molecule has 0 bridgehead atoms. The first-order valence-electron chi connectivity index (χ1n) is 6.44. The summed E-state index contributed by atoms with van der Waals surface area (Å²) in [6.45, 7) is 0. The number of amides is 4. The lowest BCUT2D eigenvalue weighted by Crippen LogP contribution is -2.19. The molecule has 124 valence electrons. The second-order valence-corrected chi connectivity index (χ2v) is 5.16. The normalized spacial score (nSPS) is 9.00. The quantitative estimate of drug-likeness (QED) is 0.499. The molecule has 8 nitrogen and oxygen atoms in total. The third-order valence-corrected chi connectivity index (χ3v) is 3.19. The number of primary amides is 2. The van der Waals surface area contributed by atoms with Crippen molar-refractivity contribution in [2.75, 3.05) is 10.6 Å². The number of benzene rings is 2. The maximum absolute atomic E-state index is 11.8. The number of nitrogens with one attached hydrogen (secondary N) is 2. The molecule has 2 aromatic rings. The number of aromatic hydroxyl groups is 1. The second kappa shape index (κ2) is 9.02. The number of carbonyl (C=O) groups excluding carboxylic acids is 2. The Bertz CT molecular complexity index is 785. The second-order valence-electron chi connectivity index (χ2n) is 4.31. The first kappa shape index (κ1) is 18.8. The van der Waals surface area contributed by atoms with Crippen molar-refractivity contribution in [3.63, 3.8) is 0 Å². The number of nitriles is 1. The summed E-state index contributed by atoms with van der Waals surface area (Å²) < 4.78 is 0.749. The summed E-state index contributed by atoms with van der Waals surface area (Å²) in [4.78, 5) is 20.8. The lowest BCUT2D eigenvalue weighted by Gasteiger charge is -2.10. The van der Waals surface area contributed by atoms with Gasteiger partial charge in [0.1, 0.15) is 5.75 Å². The Balaban J connectivity index is 0.000000648. The van der Waals surface area contributed by atoms with Crippen LogP contribution >= 0.6 is 15.9 Å². The maximum atomic E-state index is 11.8. The summed E-state index contributed by atoms with van der Waals surface area (Å²) in [5, 5.41) is 23.5. The SMILES string of the molecule is N#Cc1ccc(NC(=O)Nc2ccccc2Br)c(O)c1.NC(N)=O. The van der Waals surface area contributed by atoms with Crippen LogP contribution in [0.4, 0.5) is 21.0 Å². The van der Waals surface area contributed by atoms with E-state index in [0.717, 1.165) is 4.47 Å². The number of rotatable bonds is 2. The Labute approximate surface area is 146 Å². The van der Waals surface area contributed by atoms with E-state index in [9.17, 15) is 9.90 Å². The van der Waals surface area contributed by atoms with Gasteiger partial charge in [-0.25, -0.2) is 9.59 Å².